The summed E-state index contributed by atoms with van der Waals surface area (Å²) in [5.74, 6) is -0.743. The van der Waals surface area contributed by atoms with Crippen molar-refractivity contribution in [3.8, 4) is 5.13 Å². The van der Waals surface area contributed by atoms with Gasteiger partial charge in [-0.05, 0) is 64.3 Å². The third kappa shape index (κ3) is 3.89. The molecule has 0 bridgehead atoms. The summed E-state index contributed by atoms with van der Waals surface area (Å²) in [5, 5.41) is 2.71. The van der Waals surface area contributed by atoms with Gasteiger partial charge in [0, 0.05) is 52.0 Å². The summed E-state index contributed by atoms with van der Waals surface area (Å²) in [4.78, 5) is 29.1. The molecule has 1 aliphatic rings. The fourth-order valence-electron chi connectivity index (χ4n) is 3.95. The molecule has 3 heterocycles. The van der Waals surface area contributed by atoms with Gasteiger partial charge in [-0.2, -0.15) is 0 Å². The van der Waals surface area contributed by atoms with Crippen LogP contribution in [-0.4, -0.2) is 32.5 Å². The van der Waals surface area contributed by atoms with E-state index < -0.39 is 5.97 Å². The molecular formula is C23H25N3O3S. The molecular weight excluding hydrogens is 398 g/mol. The van der Waals surface area contributed by atoms with Crippen molar-refractivity contribution in [1.29, 1.82) is 0 Å². The lowest BCUT2D eigenvalue weighted by atomic mass is 10.1. The molecule has 4 rings (SSSR count). The van der Waals surface area contributed by atoms with Crippen LogP contribution in [0.2, 0.25) is 0 Å². The molecule has 0 N–H and O–H groups in total. The standard InChI is InChI=1S/C23H25N3O3S/c1-14-11-18(16(3)25(14)19-6-7-19)5-8-22(28)29-13-21(27)20-12-15(2)26(17(20)4)23-24-9-10-30-23/h5,8-12,19H,6-7,13H2,1-4H3/b8-5+. The maximum Gasteiger partial charge on any atom is 0.331 e. The summed E-state index contributed by atoms with van der Waals surface area (Å²) in [6, 6.07) is 4.49. The minimum Gasteiger partial charge on any atom is -0.454 e. The van der Waals surface area contributed by atoms with Crippen LogP contribution in [0.3, 0.4) is 0 Å². The number of hydrogen-bond acceptors (Lipinski definition) is 5. The fourth-order valence-corrected chi connectivity index (χ4v) is 4.70. The number of Topliss-reactive ketones (excluding diaryl/α,β-unsaturated/α-hetero) is 1. The van der Waals surface area contributed by atoms with Gasteiger partial charge < -0.3 is 9.30 Å². The van der Waals surface area contributed by atoms with Crippen LogP contribution in [0.25, 0.3) is 11.2 Å². The Bertz CT molecular complexity index is 1130. The highest BCUT2D eigenvalue weighted by Crippen LogP contribution is 2.38. The molecule has 0 aromatic carbocycles. The molecule has 30 heavy (non-hydrogen) atoms. The number of hydrogen-bond donors (Lipinski definition) is 0. The van der Waals surface area contributed by atoms with Crippen LogP contribution in [0, 0.1) is 27.7 Å². The Kier molecular flexibility index (Phi) is 5.47. The van der Waals surface area contributed by atoms with Crippen LogP contribution in [0.5, 0.6) is 0 Å². The quantitative estimate of drug-likeness (QED) is 0.313. The van der Waals surface area contributed by atoms with Gasteiger partial charge in [-0.25, -0.2) is 9.78 Å². The third-order valence-corrected chi connectivity index (χ3v) is 6.28. The first-order valence-electron chi connectivity index (χ1n) is 10.0. The molecule has 0 amide bonds. The van der Waals surface area contributed by atoms with E-state index in [1.165, 1.54) is 35.9 Å². The molecule has 0 radical (unpaired) electrons. The first-order valence-corrected chi connectivity index (χ1v) is 10.9. The van der Waals surface area contributed by atoms with Crippen molar-refractivity contribution < 1.29 is 14.3 Å². The Hall–Kier alpha value is -2.93. The lowest BCUT2D eigenvalue weighted by molar-refractivity contribution is -0.136. The first kappa shape index (κ1) is 20.3. The molecule has 1 aliphatic carbocycles. The highest BCUT2D eigenvalue weighted by molar-refractivity contribution is 7.12. The Labute approximate surface area is 179 Å². The first-order chi connectivity index (χ1) is 14.4. The van der Waals surface area contributed by atoms with Crippen LogP contribution < -0.4 is 0 Å². The van der Waals surface area contributed by atoms with Gasteiger partial charge in [0.1, 0.15) is 0 Å². The molecule has 0 spiro atoms. The van der Waals surface area contributed by atoms with E-state index in [9.17, 15) is 9.59 Å². The van der Waals surface area contributed by atoms with Gasteiger partial charge in [0.05, 0.1) is 0 Å². The van der Waals surface area contributed by atoms with Gasteiger partial charge in [0.25, 0.3) is 0 Å². The average molecular weight is 424 g/mol. The predicted octanol–water partition coefficient (Wildman–Crippen LogP) is 4.74. The van der Waals surface area contributed by atoms with E-state index in [0.717, 1.165) is 27.8 Å². The lowest BCUT2D eigenvalue weighted by Gasteiger charge is -2.06. The zero-order chi connectivity index (χ0) is 21.4. The van der Waals surface area contributed by atoms with E-state index in [1.54, 1.807) is 12.3 Å². The third-order valence-electron chi connectivity index (χ3n) is 5.52. The van der Waals surface area contributed by atoms with Crippen molar-refractivity contribution in [2.45, 2.75) is 46.6 Å². The summed E-state index contributed by atoms with van der Waals surface area (Å²) < 4.78 is 9.47. The van der Waals surface area contributed by atoms with Crippen molar-refractivity contribution in [3.05, 3.63) is 63.7 Å². The molecule has 6 nitrogen and oxygen atoms in total. The normalized spacial score (nSPS) is 13.9. The largest absolute Gasteiger partial charge is 0.454 e. The van der Waals surface area contributed by atoms with E-state index in [2.05, 4.69) is 29.5 Å². The second-order valence-corrected chi connectivity index (χ2v) is 8.60. The maximum absolute atomic E-state index is 12.6. The predicted molar refractivity (Wildman–Crippen MR) is 117 cm³/mol. The number of thiazole rings is 1. The van der Waals surface area contributed by atoms with Crippen LogP contribution in [0.15, 0.2) is 29.8 Å². The Morgan fingerprint density at radius 2 is 1.93 bits per heavy atom. The average Bonchev–Trinajstić information content (AvgIpc) is 3.18. The zero-order valence-corrected chi connectivity index (χ0v) is 18.5. The van der Waals surface area contributed by atoms with Crippen LogP contribution in [0.4, 0.5) is 0 Å². The molecule has 1 saturated carbocycles. The van der Waals surface area contributed by atoms with Gasteiger partial charge in [-0.15, -0.1) is 11.3 Å². The molecule has 7 heteroatoms. The highest BCUT2D eigenvalue weighted by Gasteiger charge is 2.26. The number of carbonyl (C=O) groups excluding carboxylic acids is 2. The Morgan fingerprint density at radius 1 is 1.17 bits per heavy atom. The minimum atomic E-state index is -0.520. The highest BCUT2D eigenvalue weighted by atomic mass is 32.1. The van der Waals surface area contributed by atoms with Crippen LogP contribution in [0.1, 0.15) is 57.6 Å². The number of carbonyl (C=O) groups is 2. The maximum atomic E-state index is 12.6. The van der Waals surface area contributed by atoms with E-state index in [-0.39, 0.29) is 12.4 Å². The van der Waals surface area contributed by atoms with Gasteiger partial charge >= 0.3 is 5.97 Å². The number of ketones is 1. The summed E-state index contributed by atoms with van der Waals surface area (Å²) >= 11 is 1.51. The van der Waals surface area contributed by atoms with E-state index in [1.807, 2.05) is 29.9 Å². The molecule has 0 aliphatic heterocycles. The topological polar surface area (TPSA) is 66.1 Å². The smallest absolute Gasteiger partial charge is 0.331 e. The van der Waals surface area contributed by atoms with Gasteiger partial charge in [0.2, 0.25) is 5.78 Å². The molecule has 0 atom stereocenters. The van der Waals surface area contributed by atoms with Crippen molar-refractivity contribution in [1.82, 2.24) is 14.1 Å². The van der Waals surface area contributed by atoms with E-state index in [0.29, 0.717) is 11.6 Å². The second kappa shape index (κ2) is 8.07. The SMILES string of the molecule is Cc1cc(C(=O)COC(=O)/C=C/c2cc(C)n(C3CC3)c2C)c(C)n1-c1nccs1. The van der Waals surface area contributed by atoms with Gasteiger partial charge in [-0.3, -0.25) is 9.36 Å². The summed E-state index contributed by atoms with van der Waals surface area (Å²) in [6.07, 6.45) is 7.32. The molecule has 3 aromatic heterocycles. The Morgan fingerprint density at radius 3 is 2.60 bits per heavy atom. The van der Waals surface area contributed by atoms with Crippen molar-refractivity contribution >= 4 is 29.2 Å². The summed E-state index contributed by atoms with van der Waals surface area (Å²) in [5.41, 5.74) is 5.63. The number of aromatic nitrogens is 3. The molecule has 156 valence electrons. The van der Waals surface area contributed by atoms with E-state index >= 15 is 0 Å². The molecule has 0 unspecified atom stereocenters. The molecule has 0 saturated heterocycles. The Balaban J connectivity index is 1.40. The lowest BCUT2D eigenvalue weighted by Crippen LogP contribution is -2.13. The van der Waals surface area contributed by atoms with Crippen molar-refractivity contribution in [2.24, 2.45) is 0 Å². The minimum absolute atomic E-state index is 0.223. The zero-order valence-electron chi connectivity index (χ0n) is 17.6. The number of nitrogens with zero attached hydrogens (tertiary/aromatic N) is 3. The number of aryl methyl sites for hydroxylation is 2. The van der Waals surface area contributed by atoms with Crippen molar-refractivity contribution in [3.63, 3.8) is 0 Å². The van der Waals surface area contributed by atoms with Crippen LogP contribution in [-0.2, 0) is 9.53 Å². The number of rotatable bonds is 7. The molecule has 1 fully saturated rings. The van der Waals surface area contributed by atoms with Gasteiger partial charge in [0.15, 0.2) is 11.7 Å². The van der Waals surface area contributed by atoms with E-state index in [4.69, 9.17) is 4.74 Å². The number of ether oxygens (including phenoxy) is 1. The van der Waals surface area contributed by atoms with Gasteiger partial charge in [-0.1, -0.05) is 0 Å². The number of esters is 1. The van der Waals surface area contributed by atoms with Crippen molar-refractivity contribution in [2.75, 3.05) is 6.61 Å². The summed E-state index contributed by atoms with van der Waals surface area (Å²) in [6.45, 7) is 7.67. The molecule has 3 aromatic rings. The van der Waals surface area contributed by atoms with Crippen LogP contribution >= 0.6 is 11.3 Å². The second-order valence-electron chi connectivity index (χ2n) is 7.73. The monoisotopic (exact) mass is 423 g/mol. The fraction of sp³-hybridized carbons (Fsp3) is 0.348. The summed E-state index contributed by atoms with van der Waals surface area (Å²) in [7, 11) is 0.